The Morgan fingerprint density at radius 3 is 2.50 bits per heavy atom. The van der Waals surface area contributed by atoms with Crippen LogP contribution < -0.4 is 10.1 Å². The number of halogens is 1. The van der Waals surface area contributed by atoms with Gasteiger partial charge < -0.3 is 14.5 Å². The smallest absolute Gasteiger partial charge is 0.258 e. The molecule has 32 heavy (non-hydrogen) atoms. The first-order chi connectivity index (χ1) is 15.5. The van der Waals surface area contributed by atoms with Crippen LogP contribution in [0, 0.1) is 19.7 Å². The van der Waals surface area contributed by atoms with Crippen LogP contribution in [0.4, 0.5) is 4.39 Å². The lowest BCUT2D eigenvalue weighted by molar-refractivity contribution is -0.123. The Bertz CT molecular complexity index is 1210. The molecule has 0 aliphatic rings. The highest BCUT2D eigenvalue weighted by Crippen LogP contribution is 2.25. The molecule has 4 aromatic rings. The zero-order chi connectivity index (χ0) is 22.5. The highest BCUT2D eigenvalue weighted by atomic mass is 19.1. The van der Waals surface area contributed by atoms with Crippen LogP contribution in [0.1, 0.15) is 28.6 Å². The molecule has 0 saturated carbocycles. The van der Waals surface area contributed by atoms with E-state index in [-0.39, 0.29) is 24.2 Å². The Kier molecular flexibility index (Phi) is 6.26. The van der Waals surface area contributed by atoms with Gasteiger partial charge in [-0.15, -0.1) is 10.2 Å². The Hall–Kier alpha value is -4.00. The molecule has 1 N–H and O–H groups in total. The predicted molar refractivity (Wildman–Crippen MR) is 118 cm³/mol. The van der Waals surface area contributed by atoms with Crippen LogP contribution in [0.3, 0.4) is 0 Å². The first kappa shape index (κ1) is 21.2. The molecule has 1 aromatic heterocycles. The monoisotopic (exact) mass is 431 g/mol. The number of nitrogens with one attached hydrogen (secondary N) is 1. The van der Waals surface area contributed by atoms with Crippen LogP contribution in [0.5, 0.6) is 5.75 Å². The lowest BCUT2D eigenvalue weighted by atomic mass is 10.1. The average Bonchev–Trinajstić information content (AvgIpc) is 3.28. The zero-order valence-electron chi connectivity index (χ0n) is 17.7. The molecule has 3 aromatic carbocycles. The van der Waals surface area contributed by atoms with E-state index in [4.69, 9.17) is 9.15 Å². The molecule has 4 rings (SSSR count). The Morgan fingerprint density at radius 1 is 1.03 bits per heavy atom. The highest BCUT2D eigenvalue weighted by Gasteiger charge is 2.24. The van der Waals surface area contributed by atoms with Crippen molar-refractivity contribution in [3.8, 4) is 17.2 Å². The number of carbonyl (C=O) groups excluding carboxylic acids is 1. The Morgan fingerprint density at radius 2 is 1.78 bits per heavy atom. The van der Waals surface area contributed by atoms with Crippen molar-refractivity contribution in [3.63, 3.8) is 0 Å². The summed E-state index contributed by atoms with van der Waals surface area (Å²) in [5.74, 6) is 0.392. The van der Waals surface area contributed by atoms with Gasteiger partial charge in [-0.05, 0) is 55.3 Å². The van der Waals surface area contributed by atoms with Crippen LogP contribution in [-0.2, 0) is 4.79 Å². The van der Waals surface area contributed by atoms with Crippen LogP contribution in [-0.4, -0.2) is 22.7 Å². The van der Waals surface area contributed by atoms with Crippen molar-refractivity contribution in [2.45, 2.75) is 19.9 Å². The fourth-order valence-corrected chi connectivity index (χ4v) is 3.30. The molecule has 0 radical (unpaired) electrons. The number of benzene rings is 3. The second-order valence-electron chi connectivity index (χ2n) is 7.42. The molecular weight excluding hydrogens is 409 g/mol. The number of carbonyl (C=O) groups is 1. The maximum atomic E-state index is 13.5. The number of ether oxygens (including phenoxy) is 1. The van der Waals surface area contributed by atoms with Gasteiger partial charge in [-0.25, -0.2) is 4.39 Å². The van der Waals surface area contributed by atoms with Crippen molar-refractivity contribution in [1.29, 1.82) is 0 Å². The van der Waals surface area contributed by atoms with Gasteiger partial charge in [0.05, 0.1) is 0 Å². The number of aryl methyl sites for hydroxylation is 2. The van der Waals surface area contributed by atoms with E-state index in [9.17, 15) is 9.18 Å². The molecule has 0 aliphatic heterocycles. The Balaban J connectivity index is 1.54. The molecule has 0 unspecified atom stereocenters. The van der Waals surface area contributed by atoms with E-state index in [0.29, 0.717) is 17.2 Å². The van der Waals surface area contributed by atoms with Gasteiger partial charge in [-0.3, -0.25) is 4.79 Å². The van der Waals surface area contributed by atoms with Gasteiger partial charge in [0.2, 0.25) is 11.8 Å². The van der Waals surface area contributed by atoms with Crippen molar-refractivity contribution >= 4 is 5.91 Å². The summed E-state index contributed by atoms with van der Waals surface area (Å²) < 4.78 is 25.0. The van der Waals surface area contributed by atoms with E-state index in [1.165, 1.54) is 12.1 Å². The maximum Gasteiger partial charge on any atom is 0.258 e. The molecule has 7 heteroatoms. The summed E-state index contributed by atoms with van der Waals surface area (Å²) in [6.45, 7) is 3.72. The van der Waals surface area contributed by atoms with Gasteiger partial charge in [0.15, 0.2) is 6.61 Å². The van der Waals surface area contributed by atoms with Gasteiger partial charge in [-0.1, -0.05) is 48.0 Å². The summed E-state index contributed by atoms with van der Waals surface area (Å²) in [7, 11) is 0. The highest BCUT2D eigenvalue weighted by molar-refractivity contribution is 5.78. The molecule has 0 spiro atoms. The van der Waals surface area contributed by atoms with E-state index in [1.54, 1.807) is 12.1 Å². The molecule has 0 bridgehead atoms. The third-order valence-electron chi connectivity index (χ3n) is 4.91. The fourth-order valence-electron chi connectivity index (χ4n) is 3.30. The van der Waals surface area contributed by atoms with Crippen LogP contribution >= 0.6 is 0 Å². The number of aromatic nitrogens is 2. The summed E-state index contributed by atoms with van der Waals surface area (Å²) in [4.78, 5) is 12.7. The van der Waals surface area contributed by atoms with E-state index in [0.717, 1.165) is 16.7 Å². The lowest BCUT2D eigenvalue weighted by Gasteiger charge is -2.16. The third kappa shape index (κ3) is 5.00. The molecule has 6 nitrogen and oxygen atoms in total. The minimum absolute atomic E-state index is 0.190. The molecule has 0 aliphatic carbocycles. The van der Waals surface area contributed by atoms with Gasteiger partial charge in [0, 0.05) is 5.56 Å². The van der Waals surface area contributed by atoms with Gasteiger partial charge >= 0.3 is 0 Å². The molecule has 1 atom stereocenters. The molecule has 0 fully saturated rings. The first-order valence-corrected chi connectivity index (χ1v) is 10.1. The van der Waals surface area contributed by atoms with Crippen molar-refractivity contribution in [3.05, 3.63) is 101 Å². The van der Waals surface area contributed by atoms with E-state index < -0.39 is 6.04 Å². The van der Waals surface area contributed by atoms with Crippen molar-refractivity contribution in [2.24, 2.45) is 0 Å². The SMILES string of the molecule is Cc1ccc(OCC(=O)N[C@@H](c2ccc(F)cc2)c2nnc(-c3ccccc3)o2)c(C)c1. The minimum atomic E-state index is -0.754. The number of nitrogens with zero attached hydrogens (tertiary/aromatic N) is 2. The minimum Gasteiger partial charge on any atom is -0.484 e. The molecular formula is C25H22FN3O3. The number of hydrogen-bond donors (Lipinski definition) is 1. The van der Waals surface area contributed by atoms with E-state index in [1.807, 2.05) is 62.4 Å². The number of rotatable bonds is 7. The van der Waals surface area contributed by atoms with Gasteiger partial charge in [0.25, 0.3) is 5.91 Å². The van der Waals surface area contributed by atoms with Crippen molar-refractivity contribution in [1.82, 2.24) is 15.5 Å². The van der Waals surface area contributed by atoms with Gasteiger partial charge in [-0.2, -0.15) is 0 Å². The van der Waals surface area contributed by atoms with Crippen molar-refractivity contribution < 1.29 is 18.3 Å². The second-order valence-corrected chi connectivity index (χ2v) is 7.42. The molecule has 1 heterocycles. The molecule has 1 amide bonds. The second kappa shape index (κ2) is 9.43. The van der Waals surface area contributed by atoms with Crippen LogP contribution in [0.25, 0.3) is 11.5 Å². The summed E-state index contributed by atoms with van der Waals surface area (Å²) in [5.41, 5.74) is 3.42. The lowest BCUT2D eigenvalue weighted by Crippen LogP contribution is -2.33. The summed E-state index contributed by atoms with van der Waals surface area (Å²) in [6, 6.07) is 20.1. The summed E-state index contributed by atoms with van der Waals surface area (Å²) >= 11 is 0. The summed E-state index contributed by atoms with van der Waals surface area (Å²) in [6.07, 6.45) is 0. The van der Waals surface area contributed by atoms with Gasteiger partial charge in [0.1, 0.15) is 17.6 Å². The predicted octanol–water partition coefficient (Wildman–Crippen LogP) is 4.78. The quantitative estimate of drug-likeness (QED) is 0.456. The Labute approximate surface area is 185 Å². The van der Waals surface area contributed by atoms with Crippen molar-refractivity contribution in [2.75, 3.05) is 6.61 Å². The van der Waals surface area contributed by atoms with E-state index >= 15 is 0 Å². The standard InChI is InChI=1S/C25H22FN3O3/c1-16-8-13-21(17(2)14-16)31-15-22(30)27-23(18-9-11-20(26)12-10-18)25-29-28-24(32-25)19-6-4-3-5-7-19/h3-14,23H,15H2,1-2H3,(H,27,30)/t23-/m0/s1. The molecule has 0 saturated heterocycles. The fraction of sp³-hybridized carbons (Fsp3) is 0.160. The first-order valence-electron chi connectivity index (χ1n) is 10.1. The largest absolute Gasteiger partial charge is 0.484 e. The topological polar surface area (TPSA) is 77.2 Å². The van der Waals surface area contributed by atoms with Crippen LogP contribution in [0.15, 0.2) is 77.2 Å². The number of hydrogen-bond acceptors (Lipinski definition) is 5. The average molecular weight is 431 g/mol. The summed E-state index contributed by atoms with van der Waals surface area (Å²) in [5, 5.41) is 11.1. The maximum absolute atomic E-state index is 13.5. The van der Waals surface area contributed by atoms with Crippen LogP contribution in [0.2, 0.25) is 0 Å². The molecule has 162 valence electrons. The number of amides is 1. The van der Waals surface area contributed by atoms with E-state index in [2.05, 4.69) is 15.5 Å². The normalized spacial score (nSPS) is 11.7. The third-order valence-corrected chi connectivity index (χ3v) is 4.91. The zero-order valence-corrected chi connectivity index (χ0v) is 17.7.